The Morgan fingerprint density at radius 2 is 1.34 bits per heavy atom. The lowest BCUT2D eigenvalue weighted by atomic mass is 9.92. The van der Waals surface area contributed by atoms with E-state index in [-0.39, 0.29) is 19.4 Å². The summed E-state index contributed by atoms with van der Waals surface area (Å²) >= 11 is 0. The first kappa shape index (κ1) is 33.4. The third-order valence-corrected chi connectivity index (χ3v) is 5.75. The van der Waals surface area contributed by atoms with E-state index in [2.05, 4.69) is 5.32 Å². The number of amides is 3. The molecule has 3 amide bonds. The summed E-state index contributed by atoms with van der Waals surface area (Å²) in [6.07, 6.45) is -7.39. The van der Waals surface area contributed by atoms with Crippen LogP contribution in [0.1, 0.15) is 61.3 Å². The zero-order valence-corrected chi connectivity index (χ0v) is 22.1. The number of Topliss-reactive ketones (excluding diaryl/α,β-unsaturated/α-hetero) is 1. The van der Waals surface area contributed by atoms with Gasteiger partial charge in [0.2, 0.25) is 17.6 Å². The molecule has 1 aliphatic rings. The van der Waals surface area contributed by atoms with Crippen LogP contribution >= 0.6 is 0 Å². The van der Waals surface area contributed by atoms with E-state index in [4.69, 9.17) is 4.74 Å². The molecule has 1 aliphatic heterocycles. The number of hydrogen-bond donors (Lipinski definition) is 2. The van der Waals surface area contributed by atoms with E-state index >= 15 is 0 Å². The minimum absolute atomic E-state index is 0.00126. The molecule has 0 aliphatic carbocycles. The van der Waals surface area contributed by atoms with Crippen molar-refractivity contribution < 1.29 is 54.6 Å². The summed E-state index contributed by atoms with van der Waals surface area (Å²) in [6.45, 7) is 10.1. The number of ketones is 1. The van der Waals surface area contributed by atoms with Crippen molar-refractivity contribution in [3.05, 3.63) is 0 Å². The van der Waals surface area contributed by atoms with Crippen molar-refractivity contribution in [3.63, 3.8) is 0 Å². The van der Waals surface area contributed by atoms with Crippen LogP contribution < -0.4 is 10.6 Å². The molecule has 1 heterocycles. The van der Waals surface area contributed by atoms with Crippen LogP contribution in [0.3, 0.4) is 0 Å². The molecule has 38 heavy (non-hydrogen) atoms. The number of carbonyl (C=O) groups excluding carboxylic acids is 4. The van der Waals surface area contributed by atoms with Crippen molar-refractivity contribution in [1.82, 2.24) is 15.5 Å². The van der Waals surface area contributed by atoms with Gasteiger partial charge in [0.05, 0.1) is 6.04 Å². The summed E-state index contributed by atoms with van der Waals surface area (Å²) in [5, 5.41) is 4.25. The van der Waals surface area contributed by atoms with Gasteiger partial charge in [0.1, 0.15) is 17.7 Å². The minimum atomic E-state index is -6.72. The molecule has 2 N–H and O–H groups in total. The highest BCUT2D eigenvalue weighted by atomic mass is 19.4. The normalized spacial score (nSPS) is 18.8. The number of likely N-dealkylation sites (tertiary alicyclic amines) is 1. The van der Waals surface area contributed by atoms with Gasteiger partial charge >= 0.3 is 24.1 Å². The molecule has 1 rings (SSSR count). The Hall–Kier alpha value is -2.61. The Balaban J connectivity index is 3.16. The SMILES string of the molecule is CC(C)[C@H](NC(=O)OC(C)(C)C)C(=O)N1CCC[C@H]1C(=O)N[C@H](C(=O)C(F)(F)C(F)(F)C(F)(F)F)C(C)C. The zero-order chi connectivity index (χ0) is 30.0. The van der Waals surface area contributed by atoms with E-state index in [1.54, 1.807) is 34.6 Å². The second kappa shape index (κ2) is 11.6. The summed E-state index contributed by atoms with van der Waals surface area (Å²) in [6, 6.07) is -4.94. The standard InChI is InChI=1S/C23H34F7N3O5/c1-11(2)14(16(34)21(24,25)22(26,27)23(28,29)30)31-17(35)13-9-8-10-33(13)18(36)15(12(3)4)32-19(37)38-20(5,6)7/h11-15H,8-10H2,1-7H3,(H,31,35)(H,32,37)/t13-,14-,15-/m0/s1. The van der Waals surface area contributed by atoms with Crippen molar-refractivity contribution in [2.24, 2.45) is 11.8 Å². The summed E-state index contributed by atoms with van der Waals surface area (Å²) in [4.78, 5) is 51.6. The van der Waals surface area contributed by atoms with Crippen LogP contribution in [-0.2, 0) is 19.1 Å². The molecule has 0 radical (unpaired) electrons. The van der Waals surface area contributed by atoms with E-state index in [0.29, 0.717) is 0 Å². The van der Waals surface area contributed by atoms with Gasteiger partial charge in [0.15, 0.2) is 0 Å². The Morgan fingerprint density at radius 1 is 0.842 bits per heavy atom. The Morgan fingerprint density at radius 3 is 1.76 bits per heavy atom. The molecule has 0 bridgehead atoms. The molecule has 3 atom stereocenters. The average molecular weight is 566 g/mol. The van der Waals surface area contributed by atoms with Crippen molar-refractivity contribution in [1.29, 1.82) is 0 Å². The summed E-state index contributed by atoms with van der Waals surface area (Å²) in [5.74, 6) is -19.4. The average Bonchev–Trinajstić information content (AvgIpc) is 3.22. The molecule has 0 aromatic rings. The molecule has 15 heteroatoms. The maximum atomic E-state index is 14.1. The largest absolute Gasteiger partial charge is 0.460 e. The van der Waals surface area contributed by atoms with Gasteiger partial charge in [-0.3, -0.25) is 14.4 Å². The Kier molecular flexibility index (Phi) is 10.2. The highest BCUT2D eigenvalue weighted by Gasteiger charge is 2.76. The predicted molar refractivity (Wildman–Crippen MR) is 120 cm³/mol. The van der Waals surface area contributed by atoms with Crippen molar-refractivity contribution in [2.75, 3.05) is 6.54 Å². The molecule has 1 fully saturated rings. The highest BCUT2D eigenvalue weighted by molar-refractivity contribution is 5.97. The van der Waals surface area contributed by atoms with Crippen LogP contribution in [0.5, 0.6) is 0 Å². The lowest BCUT2D eigenvalue weighted by molar-refractivity contribution is -0.344. The molecule has 0 spiro atoms. The monoisotopic (exact) mass is 565 g/mol. The summed E-state index contributed by atoms with van der Waals surface area (Å²) < 4.78 is 97.9. The van der Waals surface area contributed by atoms with Gasteiger partial charge in [-0.05, 0) is 45.4 Å². The second-order valence-corrected chi connectivity index (χ2v) is 10.8. The predicted octanol–water partition coefficient (Wildman–Crippen LogP) is 4.07. The van der Waals surface area contributed by atoms with Crippen molar-refractivity contribution in [2.45, 2.75) is 103 Å². The van der Waals surface area contributed by atoms with Crippen molar-refractivity contribution in [3.8, 4) is 0 Å². The van der Waals surface area contributed by atoms with Gasteiger partial charge in [-0.15, -0.1) is 0 Å². The molecular weight excluding hydrogens is 531 g/mol. The molecular formula is C23H34F7N3O5. The van der Waals surface area contributed by atoms with E-state index in [9.17, 15) is 49.9 Å². The fraction of sp³-hybridized carbons (Fsp3) is 0.826. The van der Waals surface area contributed by atoms with Gasteiger partial charge < -0.3 is 20.3 Å². The van der Waals surface area contributed by atoms with Crippen LogP contribution in [0.25, 0.3) is 0 Å². The number of hydrogen-bond acceptors (Lipinski definition) is 5. The number of halogens is 7. The lowest BCUT2D eigenvalue weighted by Gasteiger charge is -2.33. The van der Waals surface area contributed by atoms with Crippen LogP contribution in [0.4, 0.5) is 35.5 Å². The van der Waals surface area contributed by atoms with Gasteiger partial charge in [0, 0.05) is 6.54 Å². The molecule has 1 saturated heterocycles. The number of alkyl carbamates (subject to hydrolysis) is 1. The second-order valence-electron chi connectivity index (χ2n) is 10.8. The first-order valence-electron chi connectivity index (χ1n) is 11.9. The van der Waals surface area contributed by atoms with Crippen LogP contribution in [0, 0.1) is 11.8 Å². The van der Waals surface area contributed by atoms with Gasteiger partial charge in [-0.1, -0.05) is 27.7 Å². The quantitative estimate of drug-likeness (QED) is 0.411. The number of ether oxygens (including phenoxy) is 1. The minimum Gasteiger partial charge on any atom is -0.444 e. The lowest BCUT2D eigenvalue weighted by Crippen LogP contribution is -2.63. The molecule has 0 unspecified atom stereocenters. The van der Waals surface area contributed by atoms with Crippen LogP contribution in [-0.4, -0.2) is 76.9 Å². The smallest absolute Gasteiger partial charge is 0.444 e. The third-order valence-electron chi connectivity index (χ3n) is 5.75. The van der Waals surface area contributed by atoms with E-state index < -0.39 is 77.3 Å². The number of alkyl halides is 7. The fourth-order valence-corrected chi connectivity index (χ4v) is 3.74. The summed E-state index contributed by atoms with van der Waals surface area (Å²) in [7, 11) is 0. The first-order valence-corrected chi connectivity index (χ1v) is 11.9. The zero-order valence-electron chi connectivity index (χ0n) is 22.1. The molecule has 220 valence electrons. The number of nitrogens with one attached hydrogen (secondary N) is 2. The number of carbonyl (C=O) groups is 4. The van der Waals surface area contributed by atoms with Crippen LogP contribution in [0.15, 0.2) is 0 Å². The third kappa shape index (κ3) is 7.49. The Bertz CT molecular complexity index is 901. The maximum Gasteiger partial charge on any atom is 0.460 e. The van der Waals surface area contributed by atoms with E-state index in [1.165, 1.54) is 0 Å². The molecule has 8 nitrogen and oxygen atoms in total. The fourth-order valence-electron chi connectivity index (χ4n) is 3.74. The topological polar surface area (TPSA) is 105 Å². The summed E-state index contributed by atoms with van der Waals surface area (Å²) in [5.41, 5.74) is -0.881. The Labute approximate surface area is 216 Å². The van der Waals surface area contributed by atoms with Gasteiger partial charge in [0.25, 0.3) is 0 Å². The van der Waals surface area contributed by atoms with Gasteiger partial charge in [-0.2, -0.15) is 30.7 Å². The molecule has 0 aromatic heterocycles. The highest BCUT2D eigenvalue weighted by Crippen LogP contribution is 2.47. The number of rotatable bonds is 9. The van der Waals surface area contributed by atoms with E-state index in [0.717, 1.165) is 18.7 Å². The van der Waals surface area contributed by atoms with Crippen LogP contribution in [0.2, 0.25) is 0 Å². The molecule has 0 aromatic carbocycles. The van der Waals surface area contributed by atoms with Gasteiger partial charge in [-0.25, -0.2) is 4.79 Å². The maximum absolute atomic E-state index is 14.1. The number of nitrogens with zero attached hydrogens (tertiary/aromatic N) is 1. The van der Waals surface area contributed by atoms with Crippen molar-refractivity contribution >= 4 is 23.7 Å². The van der Waals surface area contributed by atoms with E-state index in [1.807, 2.05) is 5.32 Å². The first-order chi connectivity index (χ1) is 17.0. The molecule has 0 saturated carbocycles.